The van der Waals surface area contributed by atoms with E-state index in [9.17, 15) is 0 Å². The van der Waals surface area contributed by atoms with Crippen LogP contribution in [0.2, 0.25) is 0 Å². The van der Waals surface area contributed by atoms with Crippen molar-refractivity contribution in [1.29, 1.82) is 0 Å². The van der Waals surface area contributed by atoms with Crippen molar-refractivity contribution in [2.45, 2.75) is 20.0 Å². The first-order valence-electron chi connectivity index (χ1n) is 4.14. The molecule has 0 spiro atoms. The number of methoxy groups -OCH3 is 1. The predicted molar refractivity (Wildman–Crippen MR) is 50.9 cm³/mol. The Morgan fingerprint density at radius 1 is 1.42 bits per heavy atom. The Morgan fingerprint density at radius 3 is 2.67 bits per heavy atom. The van der Waals surface area contributed by atoms with Gasteiger partial charge in [0, 0.05) is 12.8 Å². The summed E-state index contributed by atoms with van der Waals surface area (Å²) in [4.78, 5) is 0. The van der Waals surface area contributed by atoms with Gasteiger partial charge < -0.3 is 10.5 Å². The molecule has 1 aromatic rings. The lowest BCUT2D eigenvalue weighted by Crippen LogP contribution is -1.95. The highest BCUT2D eigenvalue weighted by molar-refractivity contribution is 5.49. The Hall–Kier alpha value is -1.02. The second kappa shape index (κ2) is 4.12. The maximum Gasteiger partial charge on any atom is 0.0713 e. The largest absolute Gasteiger partial charge is 0.398 e. The van der Waals surface area contributed by atoms with E-state index in [2.05, 4.69) is 19.1 Å². The quantitative estimate of drug-likeness (QED) is 0.695. The van der Waals surface area contributed by atoms with Gasteiger partial charge in [0.1, 0.15) is 0 Å². The standard InChI is InChI=1S/C10H15NO/c1-3-9-5-4-8(7-12-2)6-10(9)11/h4-6H,3,7,11H2,1-2H3. The van der Waals surface area contributed by atoms with Gasteiger partial charge in [0.25, 0.3) is 0 Å². The maximum absolute atomic E-state index is 5.81. The minimum atomic E-state index is 0.633. The highest BCUT2D eigenvalue weighted by Crippen LogP contribution is 2.15. The van der Waals surface area contributed by atoms with E-state index >= 15 is 0 Å². The highest BCUT2D eigenvalue weighted by Gasteiger charge is 1.97. The Morgan fingerprint density at radius 2 is 2.17 bits per heavy atom. The molecule has 0 amide bonds. The lowest BCUT2D eigenvalue weighted by atomic mass is 10.1. The fourth-order valence-corrected chi connectivity index (χ4v) is 1.22. The molecule has 0 saturated carbocycles. The molecule has 12 heavy (non-hydrogen) atoms. The number of aryl methyl sites for hydroxylation is 1. The highest BCUT2D eigenvalue weighted by atomic mass is 16.5. The molecular weight excluding hydrogens is 150 g/mol. The van der Waals surface area contributed by atoms with Crippen LogP contribution in [0.25, 0.3) is 0 Å². The van der Waals surface area contributed by atoms with Crippen molar-refractivity contribution in [2.75, 3.05) is 12.8 Å². The molecule has 0 aliphatic carbocycles. The van der Waals surface area contributed by atoms with Crippen LogP contribution >= 0.6 is 0 Å². The topological polar surface area (TPSA) is 35.2 Å². The third-order valence-corrected chi connectivity index (χ3v) is 1.90. The van der Waals surface area contributed by atoms with Gasteiger partial charge in [0.05, 0.1) is 6.61 Å². The molecule has 0 aliphatic rings. The minimum Gasteiger partial charge on any atom is -0.398 e. The van der Waals surface area contributed by atoms with Gasteiger partial charge in [-0.3, -0.25) is 0 Å². The molecule has 2 N–H and O–H groups in total. The molecule has 0 fully saturated rings. The van der Waals surface area contributed by atoms with E-state index in [0.29, 0.717) is 6.61 Å². The Balaban J connectivity index is 2.86. The third kappa shape index (κ3) is 1.98. The number of anilines is 1. The van der Waals surface area contributed by atoms with Crippen molar-refractivity contribution in [2.24, 2.45) is 0 Å². The van der Waals surface area contributed by atoms with E-state index in [1.807, 2.05) is 6.07 Å². The number of rotatable bonds is 3. The predicted octanol–water partition coefficient (Wildman–Crippen LogP) is 1.98. The number of benzene rings is 1. The molecule has 0 aromatic heterocycles. The zero-order valence-electron chi connectivity index (χ0n) is 7.63. The van der Waals surface area contributed by atoms with Crippen molar-refractivity contribution in [3.05, 3.63) is 29.3 Å². The zero-order chi connectivity index (χ0) is 8.97. The van der Waals surface area contributed by atoms with E-state index < -0.39 is 0 Å². The molecule has 1 aromatic carbocycles. The maximum atomic E-state index is 5.81. The van der Waals surface area contributed by atoms with E-state index in [1.54, 1.807) is 7.11 Å². The van der Waals surface area contributed by atoms with Gasteiger partial charge in [-0.2, -0.15) is 0 Å². The van der Waals surface area contributed by atoms with Crippen LogP contribution in [0, 0.1) is 0 Å². The summed E-state index contributed by atoms with van der Waals surface area (Å²) in [5.74, 6) is 0. The monoisotopic (exact) mass is 165 g/mol. The summed E-state index contributed by atoms with van der Waals surface area (Å²) in [6, 6.07) is 6.09. The summed E-state index contributed by atoms with van der Waals surface area (Å²) in [5, 5.41) is 0. The van der Waals surface area contributed by atoms with Gasteiger partial charge >= 0.3 is 0 Å². The normalized spacial score (nSPS) is 10.2. The third-order valence-electron chi connectivity index (χ3n) is 1.90. The van der Waals surface area contributed by atoms with Gasteiger partial charge in [-0.1, -0.05) is 19.1 Å². The summed E-state index contributed by atoms with van der Waals surface area (Å²) in [6.45, 7) is 2.73. The molecule has 0 unspecified atom stereocenters. The van der Waals surface area contributed by atoms with Crippen LogP contribution in [0.5, 0.6) is 0 Å². The molecule has 66 valence electrons. The minimum absolute atomic E-state index is 0.633. The van der Waals surface area contributed by atoms with Crippen LogP contribution in [-0.4, -0.2) is 7.11 Å². The summed E-state index contributed by atoms with van der Waals surface area (Å²) in [7, 11) is 1.68. The SMILES string of the molecule is CCc1ccc(COC)cc1N. The second-order valence-corrected chi connectivity index (χ2v) is 2.82. The first kappa shape index (κ1) is 9.07. The Labute approximate surface area is 73.3 Å². The van der Waals surface area contributed by atoms with Gasteiger partial charge in [0.2, 0.25) is 0 Å². The summed E-state index contributed by atoms with van der Waals surface area (Å²) >= 11 is 0. The van der Waals surface area contributed by atoms with Crippen LogP contribution in [0.3, 0.4) is 0 Å². The van der Waals surface area contributed by atoms with Crippen LogP contribution in [0.15, 0.2) is 18.2 Å². The molecular formula is C10H15NO. The van der Waals surface area contributed by atoms with Crippen LogP contribution in [0.4, 0.5) is 5.69 Å². The lowest BCUT2D eigenvalue weighted by Gasteiger charge is -2.05. The van der Waals surface area contributed by atoms with Crippen molar-refractivity contribution in [3.8, 4) is 0 Å². The molecule has 0 heterocycles. The van der Waals surface area contributed by atoms with Crippen LogP contribution in [-0.2, 0) is 17.8 Å². The van der Waals surface area contributed by atoms with Gasteiger partial charge in [-0.05, 0) is 23.6 Å². The zero-order valence-corrected chi connectivity index (χ0v) is 7.63. The molecule has 2 heteroatoms. The van der Waals surface area contributed by atoms with Crippen molar-refractivity contribution in [3.63, 3.8) is 0 Å². The first-order chi connectivity index (χ1) is 5.77. The van der Waals surface area contributed by atoms with Crippen LogP contribution in [0.1, 0.15) is 18.1 Å². The van der Waals surface area contributed by atoms with Crippen molar-refractivity contribution in [1.82, 2.24) is 0 Å². The van der Waals surface area contributed by atoms with Gasteiger partial charge in [-0.15, -0.1) is 0 Å². The van der Waals surface area contributed by atoms with Gasteiger partial charge in [0.15, 0.2) is 0 Å². The van der Waals surface area contributed by atoms with E-state index in [0.717, 1.165) is 17.7 Å². The summed E-state index contributed by atoms with van der Waals surface area (Å²) in [5.41, 5.74) is 9.01. The molecule has 0 atom stereocenters. The average molecular weight is 165 g/mol. The smallest absolute Gasteiger partial charge is 0.0713 e. The summed E-state index contributed by atoms with van der Waals surface area (Å²) < 4.78 is 5.00. The summed E-state index contributed by atoms with van der Waals surface area (Å²) in [6.07, 6.45) is 0.985. The van der Waals surface area contributed by atoms with Crippen molar-refractivity contribution < 1.29 is 4.74 Å². The molecule has 0 radical (unpaired) electrons. The van der Waals surface area contributed by atoms with Crippen LogP contribution < -0.4 is 5.73 Å². The average Bonchev–Trinajstić information content (AvgIpc) is 2.05. The molecule has 1 rings (SSSR count). The number of hydrogen-bond acceptors (Lipinski definition) is 2. The van der Waals surface area contributed by atoms with Crippen molar-refractivity contribution >= 4 is 5.69 Å². The van der Waals surface area contributed by atoms with E-state index in [-0.39, 0.29) is 0 Å². The number of hydrogen-bond donors (Lipinski definition) is 1. The second-order valence-electron chi connectivity index (χ2n) is 2.82. The number of nitrogen functional groups attached to an aromatic ring is 1. The van der Waals surface area contributed by atoms with E-state index in [1.165, 1.54) is 5.56 Å². The van der Waals surface area contributed by atoms with Gasteiger partial charge in [-0.25, -0.2) is 0 Å². The fraction of sp³-hybridized carbons (Fsp3) is 0.400. The molecule has 0 bridgehead atoms. The molecule has 0 aliphatic heterocycles. The molecule has 2 nitrogen and oxygen atoms in total. The first-order valence-corrected chi connectivity index (χ1v) is 4.14. The number of nitrogens with two attached hydrogens (primary N) is 1. The Bertz CT molecular complexity index is 258. The Kier molecular flexibility index (Phi) is 3.11. The van der Waals surface area contributed by atoms with E-state index in [4.69, 9.17) is 10.5 Å². The fourth-order valence-electron chi connectivity index (χ4n) is 1.22. The lowest BCUT2D eigenvalue weighted by molar-refractivity contribution is 0.185. The number of ether oxygens (including phenoxy) is 1. The molecule has 0 saturated heterocycles.